The van der Waals surface area contributed by atoms with E-state index >= 15 is 0 Å². The fourth-order valence-corrected chi connectivity index (χ4v) is 4.62. The maximum atomic E-state index is 12.8. The molecule has 0 saturated carbocycles. The first-order chi connectivity index (χ1) is 18.3. The highest BCUT2D eigenvalue weighted by molar-refractivity contribution is 6.08. The highest BCUT2D eigenvalue weighted by Crippen LogP contribution is 2.31. The van der Waals surface area contributed by atoms with Gasteiger partial charge in [0.15, 0.2) is 11.8 Å². The van der Waals surface area contributed by atoms with Gasteiger partial charge >= 0.3 is 0 Å². The lowest BCUT2D eigenvalue weighted by Crippen LogP contribution is -2.54. The number of carbonyl (C=O) groups excluding carboxylic acids is 3. The van der Waals surface area contributed by atoms with E-state index in [1.54, 1.807) is 24.3 Å². The third kappa shape index (κ3) is 6.38. The topological polar surface area (TPSA) is 120 Å². The van der Waals surface area contributed by atoms with Crippen LogP contribution in [0.15, 0.2) is 48.5 Å². The van der Waals surface area contributed by atoms with E-state index in [1.165, 1.54) is 25.1 Å². The van der Waals surface area contributed by atoms with Gasteiger partial charge in [-0.15, -0.1) is 0 Å². The summed E-state index contributed by atoms with van der Waals surface area (Å²) in [6.45, 7) is 4.13. The van der Waals surface area contributed by atoms with Crippen LogP contribution in [0.5, 0.6) is 0 Å². The molecule has 2 aliphatic heterocycles. The molecule has 1 unspecified atom stereocenters. The number of likely N-dealkylation sites (tertiary alicyclic amines) is 1. The molecule has 2 aromatic rings. The van der Waals surface area contributed by atoms with Gasteiger partial charge in [0.1, 0.15) is 0 Å². The van der Waals surface area contributed by atoms with Crippen molar-refractivity contribution in [2.24, 2.45) is 0 Å². The Balaban J connectivity index is 1.33. The number of nitrogens with one attached hydrogen (secondary N) is 2. The van der Waals surface area contributed by atoms with Crippen LogP contribution >= 0.6 is 0 Å². The minimum Gasteiger partial charge on any atom is -0.357 e. The summed E-state index contributed by atoms with van der Waals surface area (Å²) in [6, 6.07) is 13.2. The molecule has 2 fully saturated rings. The number of ether oxygens (including phenoxy) is 2. The predicted molar refractivity (Wildman–Crippen MR) is 138 cm³/mol. The standard InChI is InChI=1S/C28H32N4O6/c1-29-25(33)24(26(34)30-36)31(2)27(35)23-11-9-21(10-12-23)4-3-20-5-7-22(8-6-20)19-32-15-13-28(14-16-32)37-17-18-38-28/h5-12,24,36H,13-19H2,1-2H3,(H,29,33)(H,30,34). The first-order valence-corrected chi connectivity index (χ1v) is 12.5. The Bertz CT molecular complexity index is 1190. The summed E-state index contributed by atoms with van der Waals surface area (Å²) in [6.07, 6.45) is 1.79. The van der Waals surface area contributed by atoms with E-state index < -0.39 is 23.8 Å². The van der Waals surface area contributed by atoms with E-state index in [-0.39, 0.29) is 11.4 Å². The van der Waals surface area contributed by atoms with E-state index in [4.69, 9.17) is 14.7 Å². The highest BCUT2D eigenvalue weighted by Gasteiger charge is 2.39. The van der Waals surface area contributed by atoms with Gasteiger partial charge in [0.05, 0.1) is 13.2 Å². The second-order valence-corrected chi connectivity index (χ2v) is 9.32. The molecule has 200 valence electrons. The summed E-state index contributed by atoms with van der Waals surface area (Å²) < 4.78 is 11.6. The molecule has 1 atom stereocenters. The number of rotatable bonds is 6. The van der Waals surface area contributed by atoms with Gasteiger partial charge in [-0.05, 0) is 42.0 Å². The third-order valence-electron chi connectivity index (χ3n) is 6.84. The van der Waals surface area contributed by atoms with Crippen LogP contribution in [0.3, 0.4) is 0 Å². The van der Waals surface area contributed by atoms with Crippen LogP contribution in [-0.2, 0) is 25.6 Å². The summed E-state index contributed by atoms with van der Waals surface area (Å²) in [5, 5.41) is 11.2. The smallest absolute Gasteiger partial charge is 0.275 e. The average molecular weight is 521 g/mol. The summed E-state index contributed by atoms with van der Waals surface area (Å²) >= 11 is 0. The number of hydrogen-bond donors (Lipinski definition) is 3. The molecule has 0 bridgehead atoms. The fraction of sp³-hybridized carbons (Fsp3) is 0.393. The molecule has 0 aliphatic carbocycles. The van der Waals surface area contributed by atoms with Gasteiger partial charge in [-0.2, -0.15) is 0 Å². The maximum absolute atomic E-state index is 12.8. The summed E-state index contributed by atoms with van der Waals surface area (Å²) in [5.74, 6) is 3.58. The van der Waals surface area contributed by atoms with Crippen molar-refractivity contribution in [3.63, 3.8) is 0 Å². The first kappa shape index (κ1) is 27.3. The number of likely N-dealkylation sites (N-methyl/N-ethyl adjacent to an activating group) is 2. The van der Waals surface area contributed by atoms with Crippen LogP contribution in [0, 0.1) is 11.8 Å². The molecule has 3 amide bonds. The van der Waals surface area contributed by atoms with E-state index in [9.17, 15) is 14.4 Å². The van der Waals surface area contributed by atoms with Crippen LogP contribution in [0.4, 0.5) is 0 Å². The third-order valence-corrected chi connectivity index (χ3v) is 6.84. The number of nitrogens with zero attached hydrogens (tertiary/aromatic N) is 2. The summed E-state index contributed by atoms with van der Waals surface area (Å²) in [5.41, 5.74) is 4.50. The normalized spacial score (nSPS) is 17.2. The van der Waals surface area contributed by atoms with E-state index in [0.29, 0.717) is 18.8 Å². The van der Waals surface area contributed by atoms with Gasteiger partial charge < -0.3 is 19.7 Å². The molecule has 4 rings (SSSR count). The van der Waals surface area contributed by atoms with Gasteiger partial charge in [-0.25, -0.2) is 5.48 Å². The fourth-order valence-electron chi connectivity index (χ4n) is 4.62. The average Bonchev–Trinajstić information content (AvgIpc) is 3.41. The molecular weight excluding hydrogens is 488 g/mol. The number of amides is 3. The van der Waals surface area contributed by atoms with Crippen molar-refractivity contribution in [2.75, 3.05) is 40.4 Å². The van der Waals surface area contributed by atoms with Crippen molar-refractivity contribution in [3.8, 4) is 11.8 Å². The highest BCUT2D eigenvalue weighted by atomic mass is 16.7. The Morgan fingerprint density at radius 2 is 1.53 bits per heavy atom. The summed E-state index contributed by atoms with van der Waals surface area (Å²) in [7, 11) is 2.65. The van der Waals surface area contributed by atoms with Crippen molar-refractivity contribution < 1.29 is 29.1 Å². The quantitative estimate of drug-likeness (QED) is 0.226. The monoisotopic (exact) mass is 520 g/mol. The molecule has 2 saturated heterocycles. The Labute approximate surface area is 221 Å². The molecule has 0 aromatic heterocycles. The van der Waals surface area contributed by atoms with Crippen LogP contribution in [0.1, 0.15) is 39.9 Å². The second kappa shape index (κ2) is 12.2. The van der Waals surface area contributed by atoms with Gasteiger partial charge in [0.25, 0.3) is 17.7 Å². The molecule has 3 N–H and O–H groups in total. The Morgan fingerprint density at radius 3 is 2.05 bits per heavy atom. The van der Waals surface area contributed by atoms with Crippen molar-refractivity contribution in [2.45, 2.75) is 31.2 Å². The Hall–Kier alpha value is -3.75. The van der Waals surface area contributed by atoms with Crippen LogP contribution < -0.4 is 10.8 Å². The van der Waals surface area contributed by atoms with Crippen molar-refractivity contribution in [3.05, 3.63) is 70.8 Å². The molecule has 2 aliphatic rings. The van der Waals surface area contributed by atoms with Crippen molar-refractivity contribution in [1.29, 1.82) is 0 Å². The molecule has 38 heavy (non-hydrogen) atoms. The van der Waals surface area contributed by atoms with Crippen LogP contribution in [0.2, 0.25) is 0 Å². The van der Waals surface area contributed by atoms with E-state index in [1.807, 2.05) is 12.1 Å². The predicted octanol–water partition coefficient (Wildman–Crippen LogP) is 1.12. The number of benzene rings is 2. The SMILES string of the molecule is CNC(=O)C(C(=O)NO)N(C)C(=O)c1ccc(C#Cc2ccc(CN3CCC4(CC3)OCCO4)cc2)cc1. The molecule has 2 heterocycles. The maximum Gasteiger partial charge on any atom is 0.275 e. The molecule has 10 heteroatoms. The van der Waals surface area contributed by atoms with Crippen molar-refractivity contribution >= 4 is 17.7 Å². The largest absolute Gasteiger partial charge is 0.357 e. The molecular formula is C28H32N4O6. The minimum absolute atomic E-state index is 0.275. The van der Waals surface area contributed by atoms with Gasteiger partial charge in [-0.1, -0.05) is 24.0 Å². The van der Waals surface area contributed by atoms with Gasteiger partial charge in [0.2, 0.25) is 0 Å². The molecule has 2 aromatic carbocycles. The van der Waals surface area contributed by atoms with E-state index in [2.05, 4.69) is 34.2 Å². The molecule has 0 radical (unpaired) electrons. The first-order valence-electron chi connectivity index (χ1n) is 12.5. The lowest BCUT2D eigenvalue weighted by molar-refractivity contribution is -0.185. The Kier molecular flexibility index (Phi) is 8.76. The molecule has 1 spiro atoms. The number of carbonyl (C=O) groups is 3. The molecule has 10 nitrogen and oxygen atoms in total. The zero-order valence-corrected chi connectivity index (χ0v) is 21.5. The minimum atomic E-state index is -1.51. The second-order valence-electron chi connectivity index (χ2n) is 9.32. The number of hydroxylamine groups is 1. The summed E-state index contributed by atoms with van der Waals surface area (Å²) in [4.78, 5) is 40.1. The lowest BCUT2D eigenvalue weighted by Gasteiger charge is -2.37. The zero-order valence-electron chi connectivity index (χ0n) is 21.5. The van der Waals surface area contributed by atoms with Crippen molar-refractivity contribution in [1.82, 2.24) is 20.6 Å². The van der Waals surface area contributed by atoms with Gasteiger partial charge in [0, 0.05) is 63.3 Å². The number of hydrogen-bond acceptors (Lipinski definition) is 7. The van der Waals surface area contributed by atoms with Crippen LogP contribution in [0.25, 0.3) is 0 Å². The van der Waals surface area contributed by atoms with E-state index in [0.717, 1.165) is 42.9 Å². The number of piperidine rings is 1. The Morgan fingerprint density at radius 1 is 0.974 bits per heavy atom. The zero-order chi connectivity index (χ0) is 27.1. The van der Waals surface area contributed by atoms with Gasteiger partial charge in [-0.3, -0.25) is 24.5 Å². The van der Waals surface area contributed by atoms with Crippen LogP contribution in [-0.4, -0.2) is 85.0 Å². The lowest BCUT2D eigenvalue weighted by atomic mass is 10.0.